The first kappa shape index (κ1) is 39.6. The summed E-state index contributed by atoms with van der Waals surface area (Å²) in [7, 11) is 0. The van der Waals surface area contributed by atoms with Gasteiger partial charge in [-0.05, 0) is 129 Å². The molecule has 0 saturated heterocycles. The number of thiophene rings is 2. The lowest BCUT2D eigenvalue weighted by molar-refractivity contribution is 0.660. The topological polar surface area (TPSA) is 6.48 Å². The fourth-order valence-electron chi connectivity index (χ4n) is 10.6. The molecule has 318 valence electrons. The van der Waals surface area contributed by atoms with E-state index < -0.39 is 0 Å². The second kappa shape index (κ2) is 15.7. The SMILES string of the molecule is CC1(C)c2cc(N(c3ccccc3)c3ccc(-c4cccc5c4sc4ccccc45)cc3)ccc2-c2ccc(N(c3ccccc3)c3ccc(-c4cccc5c4sc4ccccc45)cc3)cc21. The highest BCUT2D eigenvalue weighted by molar-refractivity contribution is 7.26. The molecule has 13 rings (SSSR count). The van der Waals surface area contributed by atoms with Crippen LogP contribution in [0.4, 0.5) is 34.1 Å². The first-order valence-corrected chi connectivity index (χ1v) is 24.6. The molecule has 4 heteroatoms. The summed E-state index contributed by atoms with van der Waals surface area (Å²) in [5, 5.41) is 5.29. The van der Waals surface area contributed by atoms with Gasteiger partial charge in [-0.3, -0.25) is 0 Å². The smallest absolute Gasteiger partial charge is 0.0465 e. The molecule has 2 nitrogen and oxygen atoms in total. The van der Waals surface area contributed by atoms with Crippen LogP contribution >= 0.6 is 22.7 Å². The van der Waals surface area contributed by atoms with E-state index in [4.69, 9.17) is 0 Å². The molecule has 0 aliphatic heterocycles. The average molecular weight is 893 g/mol. The Morgan fingerprint density at radius 1 is 0.299 bits per heavy atom. The number of fused-ring (bicyclic) bond motifs is 9. The maximum Gasteiger partial charge on any atom is 0.0465 e. The Morgan fingerprint density at radius 2 is 0.657 bits per heavy atom. The number of nitrogens with zero attached hydrogens (tertiary/aromatic N) is 2. The van der Waals surface area contributed by atoms with E-state index in [2.05, 4.69) is 254 Å². The minimum atomic E-state index is -0.249. The lowest BCUT2D eigenvalue weighted by Crippen LogP contribution is -2.17. The Kier molecular flexibility index (Phi) is 9.28. The molecule has 10 aromatic carbocycles. The maximum atomic E-state index is 2.43. The fraction of sp³-hybridized carbons (Fsp3) is 0.0476. The Labute approximate surface area is 398 Å². The van der Waals surface area contributed by atoms with Gasteiger partial charge in [-0.2, -0.15) is 0 Å². The predicted molar refractivity (Wildman–Crippen MR) is 290 cm³/mol. The molecule has 0 atom stereocenters. The summed E-state index contributed by atoms with van der Waals surface area (Å²) >= 11 is 3.76. The number of para-hydroxylation sites is 2. The van der Waals surface area contributed by atoms with Crippen molar-refractivity contribution < 1.29 is 0 Å². The van der Waals surface area contributed by atoms with Gasteiger partial charge in [-0.1, -0.05) is 159 Å². The lowest BCUT2D eigenvalue weighted by Gasteiger charge is -2.29. The van der Waals surface area contributed by atoms with Crippen molar-refractivity contribution in [2.45, 2.75) is 19.3 Å². The van der Waals surface area contributed by atoms with Crippen LogP contribution in [0, 0.1) is 0 Å². The molecule has 2 aromatic heterocycles. The Balaban J connectivity index is 0.856. The van der Waals surface area contributed by atoms with Crippen molar-refractivity contribution in [3.05, 3.63) is 242 Å². The molecule has 0 spiro atoms. The van der Waals surface area contributed by atoms with Gasteiger partial charge in [-0.15, -0.1) is 22.7 Å². The maximum absolute atomic E-state index is 2.43. The van der Waals surface area contributed by atoms with Gasteiger partial charge in [0.25, 0.3) is 0 Å². The second-order valence-electron chi connectivity index (χ2n) is 18.1. The molecular weight excluding hydrogens is 849 g/mol. The molecule has 0 radical (unpaired) electrons. The highest BCUT2D eigenvalue weighted by Gasteiger charge is 2.37. The minimum absolute atomic E-state index is 0.249. The average Bonchev–Trinajstić information content (AvgIpc) is 4.03. The van der Waals surface area contributed by atoms with E-state index >= 15 is 0 Å². The molecule has 0 amide bonds. The van der Waals surface area contributed by atoms with Gasteiger partial charge < -0.3 is 9.80 Å². The van der Waals surface area contributed by atoms with Crippen molar-refractivity contribution in [3.8, 4) is 33.4 Å². The highest BCUT2D eigenvalue weighted by Crippen LogP contribution is 2.53. The van der Waals surface area contributed by atoms with E-state index in [0.717, 1.165) is 34.1 Å². The van der Waals surface area contributed by atoms with Gasteiger partial charge in [0.2, 0.25) is 0 Å². The monoisotopic (exact) mass is 892 g/mol. The third-order valence-electron chi connectivity index (χ3n) is 13.9. The van der Waals surface area contributed by atoms with Crippen LogP contribution in [0.1, 0.15) is 25.0 Å². The Hall–Kier alpha value is -7.76. The largest absolute Gasteiger partial charge is 0.310 e. The van der Waals surface area contributed by atoms with Crippen molar-refractivity contribution in [2.24, 2.45) is 0 Å². The number of benzene rings is 10. The van der Waals surface area contributed by atoms with Crippen LogP contribution in [0.5, 0.6) is 0 Å². The number of rotatable bonds is 8. The number of hydrogen-bond donors (Lipinski definition) is 0. The molecule has 0 N–H and O–H groups in total. The van der Waals surface area contributed by atoms with Crippen molar-refractivity contribution in [2.75, 3.05) is 9.80 Å². The van der Waals surface area contributed by atoms with Crippen molar-refractivity contribution >= 4 is 97.1 Å². The Morgan fingerprint density at radius 3 is 1.09 bits per heavy atom. The standard InChI is InChI=1S/C63H44N2S2/c1-63(2)57-39-47(64(43-15-5-3-6-16-43)45-31-27-41(28-32-45)49-21-13-23-55-53-19-9-11-25-59(53)66-61(49)55)35-37-51(57)52-38-36-48(40-58(52)63)65(44-17-7-4-8-18-44)46-33-29-42(30-34-46)50-22-14-24-56-54-20-10-12-26-60(54)67-62(50)56/h3-40H,1-2H3. The van der Waals surface area contributed by atoms with Crippen LogP contribution in [0.3, 0.4) is 0 Å². The van der Waals surface area contributed by atoms with Crippen LogP contribution < -0.4 is 9.80 Å². The Bertz CT molecular complexity index is 3570. The normalized spacial score (nSPS) is 12.7. The molecule has 1 aliphatic rings. The zero-order valence-electron chi connectivity index (χ0n) is 37.2. The van der Waals surface area contributed by atoms with Gasteiger partial charge in [-0.25, -0.2) is 0 Å². The van der Waals surface area contributed by atoms with E-state index in [1.807, 2.05) is 22.7 Å². The molecule has 67 heavy (non-hydrogen) atoms. The molecule has 2 heterocycles. The van der Waals surface area contributed by atoms with Crippen LogP contribution in [0.15, 0.2) is 231 Å². The van der Waals surface area contributed by atoms with Crippen molar-refractivity contribution in [1.82, 2.24) is 0 Å². The fourth-order valence-corrected chi connectivity index (χ4v) is 13.0. The zero-order chi connectivity index (χ0) is 44.6. The summed E-state index contributed by atoms with van der Waals surface area (Å²) in [5.41, 5.74) is 16.8. The van der Waals surface area contributed by atoms with Gasteiger partial charge in [0.15, 0.2) is 0 Å². The summed E-state index contributed by atoms with van der Waals surface area (Å²) in [5.74, 6) is 0. The number of anilines is 6. The third kappa shape index (κ3) is 6.51. The molecule has 0 bridgehead atoms. The number of hydrogen-bond acceptors (Lipinski definition) is 4. The molecular formula is C63H44N2S2. The van der Waals surface area contributed by atoms with Crippen LogP contribution in [0.2, 0.25) is 0 Å². The quantitative estimate of drug-likeness (QED) is 0.150. The molecule has 12 aromatic rings. The van der Waals surface area contributed by atoms with Crippen molar-refractivity contribution in [1.29, 1.82) is 0 Å². The summed E-state index contributed by atoms with van der Waals surface area (Å²) in [6, 6.07) is 84.9. The lowest BCUT2D eigenvalue weighted by atomic mass is 9.82. The summed E-state index contributed by atoms with van der Waals surface area (Å²) in [4.78, 5) is 4.80. The van der Waals surface area contributed by atoms with E-state index in [0.29, 0.717) is 0 Å². The van der Waals surface area contributed by atoms with Gasteiger partial charge in [0.05, 0.1) is 0 Å². The van der Waals surface area contributed by atoms with E-state index in [-0.39, 0.29) is 5.41 Å². The van der Waals surface area contributed by atoms with Gasteiger partial charge in [0.1, 0.15) is 0 Å². The van der Waals surface area contributed by atoms with E-state index in [1.165, 1.54) is 84.9 Å². The van der Waals surface area contributed by atoms with Crippen molar-refractivity contribution in [3.63, 3.8) is 0 Å². The molecule has 0 fully saturated rings. The zero-order valence-corrected chi connectivity index (χ0v) is 38.8. The highest BCUT2D eigenvalue weighted by atomic mass is 32.1. The molecule has 0 saturated carbocycles. The predicted octanol–water partition coefficient (Wildman–Crippen LogP) is 19.0. The molecule has 1 aliphatic carbocycles. The van der Waals surface area contributed by atoms with Crippen LogP contribution in [-0.2, 0) is 5.41 Å². The van der Waals surface area contributed by atoms with E-state index in [9.17, 15) is 0 Å². The van der Waals surface area contributed by atoms with E-state index in [1.54, 1.807) is 0 Å². The molecule has 0 unspecified atom stereocenters. The first-order valence-electron chi connectivity index (χ1n) is 23.0. The first-order chi connectivity index (χ1) is 33.0. The van der Waals surface area contributed by atoms with Gasteiger partial charge in [0, 0.05) is 79.9 Å². The summed E-state index contributed by atoms with van der Waals surface area (Å²) in [6.45, 7) is 4.77. The van der Waals surface area contributed by atoms with Crippen LogP contribution in [-0.4, -0.2) is 0 Å². The second-order valence-corrected chi connectivity index (χ2v) is 20.2. The minimum Gasteiger partial charge on any atom is -0.310 e. The van der Waals surface area contributed by atoms with Gasteiger partial charge >= 0.3 is 0 Å². The summed E-state index contributed by atoms with van der Waals surface area (Å²) < 4.78 is 5.32. The summed E-state index contributed by atoms with van der Waals surface area (Å²) in [6.07, 6.45) is 0. The third-order valence-corrected chi connectivity index (χ3v) is 16.3. The van der Waals surface area contributed by atoms with Crippen LogP contribution in [0.25, 0.3) is 73.7 Å².